The van der Waals surface area contributed by atoms with Crippen LogP contribution in [0.15, 0.2) is 23.1 Å². The fourth-order valence-electron chi connectivity index (χ4n) is 4.08. The molecule has 1 atom stereocenters. The zero-order chi connectivity index (χ0) is 19.2. The Labute approximate surface area is 161 Å². The minimum absolute atomic E-state index is 0.136. The molecular formula is C18H26N2O5S2. The van der Waals surface area contributed by atoms with E-state index in [-0.39, 0.29) is 22.7 Å². The van der Waals surface area contributed by atoms with Gasteiger partial charge in [0.1, 0.15) is 0 Å². The molecule has 0 amide bonds. The highest BCUT2D eigenvalue weighted by Gasteiger charge is 2.41. The van der Waals surface area contributed by atoms with Gasteiger partial charge >= 0.3 is 0 Å². The summed E-state index contributed by atoms with van der Waals surface area (Å²) in [6.07, 6.45) is 3.71. The molecule has 0 aromatic heterocycles. The molecule has 1 aromatic rings. The zero-order valence-electron chi connectivity index (χ0n) is 15.5. The van der Waals surface area contributed by atoms with Gasteiger partial charge in [0, 0.05) is 32.8 Å². The Balaban J connectivity index is 1.61. The van der Waals surface area contributed by atoms with Crippen LogP contribution in [0.1, 0.15) is 36.8 Å². The van der Waals surface area contributed by atoms with Crippen molar-refractivity contribution >= 4 is 20.0 Å². The van der Waals surface area contributed by atoms with E-state index in [9.17, 15) is 16.8 Å². The largest absolute Gasteiger partial charge is 0.383 e. The summed E-state index contributed by atoms with van der Waals surface area (Å²) in [5.74, 6) is 0. The molecule has 0 unspecified atom stereocenters. The third-order valence-electron chi connectivity index (χ3n) is 5.75. The third-order valence-corrected chi connectivity index (χ3v) is 10.0. The normalized spacial score (nSPS) is 24.9. The van der Waals surface area contributed by atoms with E-state index in [1.54, 1.807) is 19.2 Å². The van der Waals surface area contributed by atoms with Gasteiger partial charge in [-0.15, -0.1) is 0 Å². The van der Waals surface area contributed by atoms with E-state index in [1.165, 1.54) is 8.61 Å². The average Bonchev–Trinajstić information content (AvgIpc) is 3.41. The number of hydrogen-bond donors (Lipinski definition) is 0. The summed E-state index contributed by atoms with van der Waals surface area (Å²) >= 11 is 0. The lowest BCUT2D eigenvalue weighted by molar-refractivity contribution is 0.149. The molecule has 2 aliphatic heterocycles. The fourth-order valence-corrected chi connectivity index (χ4v) is 7.63. The minimum atomic E-state index is -3.62. The Morgan fingerprint density at radius 1 is 1.07 bits per heavy atom. The van der Waals surface area contributed by atoms with Gasteiger partial charge in [-0.05, 0) is 55.4 Å². The molecule has 1 saturated heterocycles. The van der Waals surface area contributed by atoms with Crippen molar-refractivity contribution in [2.24, 2.45) is 0 Å². The number of benzene rings is 1. The van der Waals surface area contributed by atoms with Crippen LogP contribution >= 0.6 is 0 Å². The summed E-state index contributed by atoms with van der Waals surface area (Å²) in [5, 5.41) is -0.245. The van der Waals surface area contributed by atoms with Crippen molar-refractivity contribution in [3.63, 3.8) is 0 Å². The van der Waals surface area contributed by atoms with Crippen molar-refractivity contribution < 1.29 is 21.6 Å². The Morgan fingerprint density at radius 3 is 2.56 bits per heavy atom. The van der Waals surface area contributed by atoms with Crippen molar-refractivity contribution in [2.75, 3.05) is 26.8 Å². The summed E-state index contributed by atoms with van der Waals surface area (Å²) in [6, 6.07) is 5.02. The Morgan fingerprint density at radius 2 is 1.85 bits per heavy atom. The van der Waals surface area contributed by atoms with Crippen LogP contribution in [0.5, 0.6) is 0 Å². The zero-order valence-corrected chi connectivity index (χ0v) is 17.1. The van der Waals surface area contributed by atoms with E-state index in [0.717, 1.165) is 36.8 Å². The topological polar surface area (TPSA) is 84.0 Å². The monoisotopic (exact) mass is 414 g/mol. The molecule has 0 bridgehead atoms. The average molecular weight is 415 g/mol. The smallest absolute Gasteiger partial charge is 0.243 e. The molecule has 2 fully saturated rings. The van der Waals surface area contributed by atoms with Crippen LogP contribution in [0.3, 0.4) is 0 Å². The number of methoxy groups -OCH3 is 1. The molecule has 4 rings (SSSR count). The lowest BCUT2D eigenvalue weighted by Gasteiger charge is -2.29. The molecule has 1 saturated carbocycles. The van der Waals surface area contributed by atoms with Crippen molar-refractivity contribution in [3.05, 3.63) is 29.3 Å². The Kier molecular flexibility index (Phi) is 5.09. The highest BCUT2D eigenvalue weighted by Crippen LogP contribution is 2.34. The van der Waals surface area contributed by atoms with E-state index in [0.29, 0.717) is 26.1 Å². The van der Waals surface area contributed by atoms with Crippen LogP contribution in [0, 0.1) is 0 Å². The molecular weight excluding hydrogens is 388 g/mol. The first-order valence-corrected chi connectivity index (χ1v) is 12.4. The van der Waals surface area contributed by atoms with Crippen LogP contribution in [0.4, 0.5) is 0 Å². The standard InChI is InChI=1S/C18H26N2O5S2/c1-25-13-16-3-2-9-20(16)27(23,24)18-5-4-14-8-10-19(12-15(14)11-18)26(21,22)17-6-7-17/h4-5,11,16-17H,2-3,6-10,12-13H2,1H3/t16-/m0/s1. The van der Waals surface area contributed by atoms with Gasteiger partial charge in [-0.2, -0.15) is 8.61 Å². The number of nitrogens with zero attached hydrogens (tertiary/aromatic N) is 2. The summed E-state index contributed by atoms with van der Waals surface area (Å²) in [6.45, 7) is 1.62. The van der Waals surface area contributed by atoms with Gasteiger partial charge in [0.05, 0.1) is 16.8 Å². The quantitative estimate of drug-likeness (QED) is 0.701. The maximum absolute atomic E-state index is 13.1. The SMILES string of the molecule is COC[C@@H]1CCCN1S(=O)(=O)c1ccc2c(c1)CN(S(=O)(=O)C1CC1)CC2. The van der Waals surface area contributed by atoms with Gasteiger partial charge in [0.15, 0.2) is 0 Å². The fraction of sp³-hybridized carbons (Fsp3) is 0.667. The van der Waals surface area contributed by atoms with Crippen LogP contribution in [-0.4, -0.2) is 63.5 Å². The van der Waals surface area contributed by atoms with Crippen LogP contribution in [-0.2, 0) is 37.7 Å². The van der Waals surface area contributed by atoms with Gasteiger partial charge in [-0.25, -0.2) is 16.8 Å². The molecule has 7 nitrogen and oxygen atoms in total. The van der Waals surface area contributed by atoms with E-state index in [1.807, 2.05) is 6.07 Å². The van der Waals surface area contributed by atoms with Gasteiger partial charge in [-0.1, -0.05) is 6.07 Å². The van der Waals surface area contributed by atoms with Crippen molar-refractivity contribution in [3.8, 4) is 0 Å². The van der Waals surface area contributed by atoms with E-state index >= 15 is 0 Å². The number of ether oxygens (including phenoxy) is 1. The van der Waals surface area contributed by atoms with E-state index in [2.05, 4.69) is 0 Å². The van der Waals surface area contributed by atoms with Gasteiger partial charge in [0.2, 0.25) is 20.0 Å². The van der Waals surface area contributed by atoms with Crippen LogP contribution in [0.2, 0.25) is 0 Å². The van der Waals surface area contributed by atoms with Crippen molar-refractivity contribution in [2.45, 2.75) is 54.8 Å². The second kappa shape index (κ2) is 7.11. The Hall–Kier alpha value is -1.00. The number of sulfonamides is 2. The first-order valence-electron chi connectivity index (χ1n) is 9.45. The molecule has 150 valence electrons. The molecule has 0 radical (unpaired) electrons. The highest BCUT2D eigenvalue weighted by atomic mass is 32.2. The number of hydrogen-bond acceptors (Lipinski definition) is 5. The second-order valence-corrected chi connectivity index (χ2v) is 11.7. The first kappa shape index (κ1) is 19.3. The lowest BCUT2D eigenvalue weighted by Crippen LogP contribution is -2.39. The summed E-state index contributed by atoms with van der Waals surface area (Å²) < 4.78 is 59.6. The summed E-state index contributed by atoms with van der Waals surface area (Å²) in [5.41, 5.74) is 1.83. The maximum Gasteiger partial charge on any atom is 0.243 e. The highest BCUT2D eigenvalue weighted by molar-refractivity contribution is 7.90. The predicted molar refractivity (Wildman–Crippen MR) is 101 cm³/mol. The second-order valence-electron chi connectivity index (χ2n) is 7.63. The van der Waals surface area contributed by atoms with Crippen LogP contribution < -0.4 is 0 Å². The minimum Gasteiger partial charge on any atom is -0.383 e. The molecule has 1 aliphatic carbocycles. The first-order chi connectivity index (χ1) is 12.8. The van der Waals surface area contributed by atoms with E-state index in [4.69, 9.17) is 4.74 Å². The summed E-state index contributed by atoms with van der Waals surface area (Å²) in [4.78, 5) is 0.245. The maximum atomic E-state index is 13.1. The van der Waals surface area contributed by atoms with Crippen LogP contribution in [0.25, 0.3) is 0 Å². The summed E-state index contributed by atoms with van der Waals surface area (Å²) in [7, 11) is -5.29. The molecule has 9 heteroatoms. The lowest BCUT2D eigenvalue weighted by atomic mass is 10.0. The molecule has 0 N–H and O–H groups in total. The molecule has 0 spiro atoms. The predicted octanol–water partition coefficient (Wildman–Crippen LogP) is 1.34. The third kappa shape index (κ3) is 3.55. The number of rotatable bonds is 6. The molecule has 2 heterocycles. The van der Waals surface area contributed by atoms with Gasteiger partial charge in [-0.3, -0.25) is 0 Å². The van der Waals surface area contributed by atoms with E-state index < -0.39 is 20.0 Å². The molecule has 1 aromatic carbocycles. The van der Waals surface area contributed by atoms with Crippen molar-refractivity contribution in [1.29, 1.82) is 0 Å². The molecule has 3 aliphatic rings. The van der Waals surface area contributed by atoms with Gasteiger partial charge < -0.3 is 4.74 Å². The Bertz CT molecular complexity index is 925. The van der Waals surface area contributed by atoms with Crippen molar-refractivity contribution in [1.82, 2.24) is 8.61 Å². The van der Waals surface area contributed by atoms with Gasteiger partial charge in [0.25, 0.3) is 0 Å². The number of fused-ring (bicyclic) bond motifs is 1. The molecule has 27 heavy (non-hydrogen) atoms.